The highest BCUT2D eigenvalue weighted by atomic mass is 79.9. The molecule has 22 heavy (non-hydrogen) atoms. The summed E-state index contributed by atoms with van der Waals surface area (Å²) in [6.45, 7) is -0.219. The molecule has 0 aliphatic rings. The van der Waals surface area contributed by atoms with Gasteiger partial charge in [0.1, 0.15) is 5.76 Å². The number of hydrogen-bond donors (Lipinski definition) is 2. The van der Waals surface area contributed by atoms with Gasteiger partial charge in [-0.15, -0.1) is 0 Å². The number of nitrogens with one attached hydrogen (secondary N) is 2. The van der Waals surface area contributed by atoms with E-state index in [-0.39, 0.29) is 6.54 Å². The van der Waals surface area contributed by atoms with Crippen LogP contribution in [0, 0.1) is 0 Å². The van der Waals surface area contributed by atoms with Crippen LogP contribution in [-0.2, 0) is 4.79 Å². The Balaban J connectivity index is 1.79. The second-order valence-electron chi connectivity index (χ2n) is 4.10. The van der Waals surface area contributed by atoms with Crippen molar-refractivity contribution in [1.82, 2.24) is 10.7 Å². The van der Waals surface area contributed by atoms with Crippen LogP contribution in [0.3, 0.4) is 0 Å². The molecule has 0 radical (unpaired) electrons. The molecule has 1 aromatic carbocycles. The summed E-state index contributed by atoms with van der Waals surface area (Å²) >= 11 is 9.04. The summed E-state index contributed by atoms with van der Waals surface area (Å²) in [4.78, 5) is 23.4. The minimum Gasteiger partial charge on any atom is -0.448 e. The summed E-state index contributed by atoms with van der Waals surface area (Å²) in [5.41, 5.74) is 2.58. The van der Waals surface area contributed by atoms with Gasteiger partial charge in [-0.25, -0.2) is 5.43 Å². The van der Waals surface area contributed by atoms with E-state index in [4.69, 9.17) is 16.0 Å². The first kappa shape index (κ1) is 16.3. The van der Waals surface area contributed by atoms with Gasteiger partial charge in [0.25, 0.3) is 11.8 Å². The molecular weight excluding hydrogens is 374 g/mol. The zero-order chi connectivity index (χ0) is 15.9. The van der Waals surface area contributed by atoms with Crippen molar-refractivity contribution in [1.29, 1.82) is 0 Å². The third-order valence-corrected chi connectivity index (χ3v) is 3.26. The maximum Gasteiger partial charge on any atom is 0.259 e. The van der Waals surface area contributed by atoms with Crippen molar-refractivity contribution >= 4 is 45.6 Å². The number of halogens is 2. The van der Waals surface area contributed by atoms with Crippen LogP contribution in [0.1, 0.15) is 16.1 Å². The molecule has 6 nitrogen and oxygen atoms in total. The molecule has 0 spiro atoms. The van der Waals surface area contributed by atoms with E-state index >= 15 is 0 Å². The molecule has 0 saturated heterocycles. The molecule has 0 atom stereocenters. The third-order valence-electron chi connectivity index (χ3n) is 2.50. The second kappa shape index (κ2) is 7.77. The molecule has 0 aliphatic carbocycles. The minimum atomic E-state index is -0.470. The number of furan rings is 1. The molecule has 1 aromatic heterocycles. The second-order valence-corrected chi connectivity index (χ2v) is 5.29. The molecule has 0 aliphatic heterocycles. The van der Waals surface area contributed by atoms with Crippen molar-refractivity contribution in [2.75, 3.05) is 6.54 Å². The molecule has 0 saturated carbocycles. The molecule has 2 rings (SSSR count). The molecule has 8 heteroatoms. The summed E-state index contributed by atoms with van der Waals surface area (Å²) in [7, 11) is 0. The number of nitrogens with zero attached hydrogens (tertiary/aromatic N) is 1. The molecule has 2 aromatic rings. The van der Waals surface area contributed by atoms with E-state index in [9.17, 15) is 9.59 Å². The van der Waals surface area contributed by atoms with E-state index in [1.54, 1.807) is 36.4 Å². The van der Waals surface area contributed by atoms with Gasteiger partial charge >= 0.3 is 0 Å². The van der Waals surface area contributed by atoms with Crippen LogP contribution in [-0.4, -0.2) is 24.6 Å². The van der Waals surface area contributed by atoms with Gasteiger partial charge in [-0.2, -0.15) is 5.10 Å². The SMILES string of the molecule is O=C(CNC(=O)c1ccccc1Cl)NN=Cc1ccc(Br)o1. The molecule has 2 amide bonds. The third kappa shape index (κ3) is 4.71. The molecule has 114 valence electrons. The Morgan fingerprint density at radius 1 is 1.27 bits per heavy atom. The van der Waals surface area contributed by atoms with E-state index < -0.39 is 11.8 Å². The smallest absolute Gasteiger partial charge is 0.259 e. The van der Waals surface area contributed by atoms with Crippen molar-refractivity contribution in [3.63, 3.8) is 0 Å². The van der Waals surface area contributed by atoms with Gasteiger partial charge < -0.3 is 9.73 Å². The lowest BCUT2D eigenvalue weighted by molar-refractivity contribution is -0.120. The van der Waals surface area contributed by atoms with Gasteiger partial charge in [0.05, 0.1) is 23.3 Å². The van der Waals surface area contributed by atoms with Gasteiger partial charge in [-0.3, -0.25) is 9.59 Å². The topological polar surface area (TPSA) is 83.7 Å². The first-order valence-electron chi connectivity index (χ1n) is 6.16. The lowest BCUT2D eigenvalue weighted by atomic mass is 10.2. The van der Waals surface area contributed by atoms with Crippen molar-refractivity contribution in [3.8, 4) is 0 Å². The fourth-order valence-electron chi connectivity index (χ4n) is 1.51. The van der Waals surface area contributed by atoms with Crippen LogP contribution < -0.4 is 10.7 Å². The van der Waals surface area contributed by atoms with Crippen molar-refractivity contribution in [2.45, 2.75) is 0 Å². The van der Waals surface area contributed by atoms with Crippen LogP contribution >= 0.6 is 27.5 Å². The summed E-state index contributed by atoms with van der Waals surface area (Å²) in [6.07, 6.45) is 1.35. The fourth-order valence-corrected chi connectivity index (χ4v) is 2.05. The lowest BCUT2D eigenvalue weighted by Gasteiger charge is -2.05. The van der Waals surface area contributed by atoms with E-state index in [1.165, 1.54) is 6.21 Å². The Bertz CT molecular complexity index is 715. The predicted octanol–water partition coefficient (Wildman–Crippen LogP) is 2.58. The summed E-state index contributed by atoms with van der Waals surface area (Å²) < 4.78 is 5.73. The first-order valence-corrected chi connectivity index (χ1v) is 7.33. The van der Waals surface area contributed by atoms with Crippen LogP contribution in [0.15, 0.2) is 50.6 Å². The Labute approximate surface area is 139 Å². The average Bonchev–Trinajstić information content (AvgIpc) is 2.91. The van der Waals surface area contributed by atoms with E-state index in [0.717, 1.165) is 0 Å². The van der Waals surface area contributed by atoms with E-state index in [1.807, 2.05) is 0 Å². The number of carbonyl (C=O) groups is 2. The Morgan fingerprint density at radius 2 is 2.05 bits per heavy atom. The quantitative estimate of drug-likeness (QED) is 0.614. The summed E-state index contributed by atoms with van der Waals surface area (Å²) in [6, 6.07) is 9.96. The zero-order valence-electron chi connectivity index (χ0n) is 11.2. The Kier molecular flexibility index (Phi) is 5.74. The number of amides is 2. The summed E-state index contributed by atoms with van der Waals surface area (Å²) in [5.74, 6) is -0.422. The standard InChI is InChI=1S/C14H11BrClN3O3/c15-12-6-5-9(22-12)7-18-19-13(20)8-17-14(21)10-3-1-2-4-11(10)16/h1-7H,8H2,(H,17,21)(H,19,20). The molecule has 0 fully saturated rings. The molecule has 0 unspecified atom stereocenters. The maximum absolute atomic E-state index is 11.8. The van der Waals surface area contributed by atoms with Gasteiger partial charge in [0, 0.05) is 0 Å². The van der Waals surface area contributed by atoms with Crippen LogP contribution in [0.25, 0.3) is 0 Å². The minimum absolute atomic E-state index is 0.219. The van der Waals surface area contributed by atoms with Gasteiger partial charge in [-0.1, -0.05) is 23.7 Å². The van der Waals surface area contributed by atoms with Crippen LogP contribution in [0.2, 0.25) is 5.02 Å². The number of hydrogen-bond acceptors (Lipinski definition) is 4. The maximum atomic E-state index is 11.8. The van der Waals surface area contributed by atoms with Crippen LogP contribution in [0.4, 0.5) is 0 Å². The van der Waals surface area contributed by atoms with Crippen molar-refractivity contribution in [2.24, 2.45) is 5.10 Å². The van der Waals surface area contributed by atoms with Crippen molar-refractivity contribution in [3.05, 3.63) is 57.4 Å². The largest absolute Gasteiger partial charge is 0.448 e. The number of benzene rings is 1. The molecule has 2 N–H and O–H groups in total. The monoisotopic (exact) mass is 383 g/mol. The van der Waals surface area contributed by atoms with Gasteiger partial charge in [-0.05, 0) is 40.2 Å². The molecule has 0 bridgehead atoms. The number of carbonyl (C=O) groups excluding carboxylic acids is 2. The zero-order valence-corrected chi connectivity index (χ0v) is 13.5. The highest BCUT2D eigenvalue weighted by Crippen LogP contribution is 2.14. The number of rotatable bonds is 5. The highest BCUT2D eigenvalue weighted by molar-refractivity contribution is 9.10. The normalized spacial score (nSPS) is 10.6. The lowest BCUT2D eigenvalue weighted by Crippen LogP contribution is -2.35. The average molecular weight is 385 g/mol. The fraction of sp³-hybridized carbons (Fsp3) is 0.0714. The Morgan fingerprint density at radius 3 is 2.73 bits per heavy atom. The van der Waals surface area contributed by atoms with E-state index in [2.05, 4.69) is 31.8 Å². The highest BCUT2D eigenvalue weighted by Gasteiger charge is 2.10. The summed E-state index contributed by atoms with van der Waals surface area (Å²) in [5, 5.41) is 6.48. The van der Waals surface area contributed by atoms with Gasteiger partial charge in [0.15, 0.2) is 4.67 Å². The number of hydrazone groups is 1. The predicted molar refractivity (Wildman–Crippen MR) is 85.9 cm³/mol. The van der Waals surface area contributed by atoms with Crippen LogP contribution in [0.5, 0.6) is 0 Å². The molecule has 1 heterocycles. The van der Waals surface area contributed by atoms with Crippen molar-refractivity contribution < 1.29 is 14.0 Å². The molecular formula is C14H11BrClN3O3. The Hall–Kier alpha value is -2.12. The first-order chi connectivity index (χ1) is 10.6. The van der Waals surface area contributed by atoms with E-state index in [0.29, 0.717) is 21.0 Å². The van der Waals surface area contributed by atoms with Gasteiger partial charge in [0.2, 0.25) is 0 Å².